The molecule has 0 aliphatic heterocycles. The number of hydrogen-bond acceptors (Lipinski definition) is 4. The van der Waals surface area contributed by atoms with Crippen LogP contribution in [0.3, 0.4) is 0 Å². The number of hydrogen-bond donors (Lipinski definition) is 0. The van der Waals surface area contributed by atoms with Crippen molar-refractivity contribution in [2.24, 2.45) is 10.8 Å². The fourth-order valence-electron chi connectivity index (χ4n) is 3.97. The van der Waals surface area contributed by atoms with Gasteiger partial charge in [-0.05, 0) is 30.5 Å². The molecule has 3 aliphatic rings. The SMILES string of the molecule is COC(=O)C12CC(C(=O)OC)(C1)C2c1ccc(Cl)cc1. The van der Waals surface area contributed by atoms with E-state index in [1.54, 1.807) is 12.1 Å². The first-order valence-electron chi connectivity index (χ1n) is 6.42. The Labute approximate surface area is 122 Å². The van der Waals surface area contributed by atoms with E-state index in [0.717, 1.165) is 5.56 Å². The van der Waals surface area contributed by atoms with Crippen molar-refractivity contribution in [3.8, 4) is 0 Å². The van der Waals surface area contributed by atoms with Crippen molar-refractivity contribution in [2.75, 3.05) is 14.2 Å². The van der Waals surface area contributed by atoms with E-state index in [-0.39, 0.29) is 17.9 Å². The molecule has 3 saturated carbocycles. The summed E-state index contributed by atoms with van der Waals surface area (Å²) >= 11 is 5.89. The third kappa shape index (κ3) is 1.43. The van der Waals surface area contributed by atoms with Crippen LogP contribution in [-0.4, -0.2) is 26.2 Å². The van der Waals surface area contributed by atoms with Crippen LogP contribution in [0.1, 0.15) is 24.3 Å². The maximum Gasteiger partial charge on any atom is 0.312 e. The van der Waals surface area contributed by atoms with Gasteiger partial charge in [-0.1, -0.05) is 23.7 Å². The summed E-state index contributed by atoms with van der Waals surface area (Å²) in [5.41, 5.74) is -0.212. The van der Waals surface area contributed by atoms with Crippen molar-refractivity contribution in [3.63, 3.8) is 0 Å². The van der Waals surface area contributed by atoms with Gasteiger partial charge in [0.15, 0.2) is 0 Å². The van der Waals surface area contributed by atoms with E-state index in [1.165, 1.54) is 14.2 Å². The summed E-state index contributed by atoms with van der Waals surface area (Å²) < 4.78 is 9.82. The molecule has 3 aliphatic carbocycles. The van der Waals surface area contributed by atoms with E-state index < -0.39 is 10.8 Å². The van der Waals surface area contributed by atoms with Gasteiger partial charge in [-0.3, -0.25) is 9.59 Å². The molecule has 1 aromatic carbocycles. The number of methoxy groups -OCH3 is 2. The Morgan fingerprint density at radius 1 is 1.05 bits per heavy atom. The number of esters is 2. The van der Waals surface area contributed by atoms with Crippen LogP contribution in [0.25, 0.3) is 0 Å². The average Bonchev–Trinajstić information content (AvgIpc) is 2.38. The first kappa shape index (κ1) is 13.4. The minimum Gasteiger partial charge on any atom is -0.469 e. The first-order valence-corrected chi connectivity index (χ1v) is 6.80. The third-order valence-electron chi connectivity index (χ3n) is 4.75. The van der Waals surface area contributed by atoms with Crippen LogP contribution >= 0.6 is 11.6 Å². The minimum absolute atomic E-state index is 0.174. The summed E-state index contributed by atoms with van der Waals surface area (Å²) in [5, 5.41) is 0.626. The Balaban J connectivity index is 1.98. The lowest BCUT2D eigenvalue weighted by Gasteiger charge is -2.72. The predicted octanol–water partition coefficient (Wildman–Crippen LogP) is 2.55. The highest BCUT2D eigenvalue weighted by atomic mass is 35.5. The monoisotopic (exact) mass is 294 g/mol. The van der Waals surface area contributed by atoms with Crippen LogP contribution in [-0.2, 0) is 19.1 Å². The van der Waals surface area contributed by atoms with Crippen LogP contribution in [0.5, 0.6) is 0 Å². The summed E-state index contributed by atoms with van der Waals surface area (Å²) in [6.45, 7) is 0. The zero-order valence-corrected chi connectivity index (χ0v) is 12.1. The van der Waals surface area contributed by atoms with E-state index in [4.69, 9.17) is 21.1 Å². The molecule has 2 bridgehead atoms. The molecule has 0 heterocycles. The molecule has 0 saturated heterocycles. The summed E-state index contributed by atoms with van der Waals surface area (Å²) in [4.78, 5) is 24.1. The Morgan fingerprint density at radius 2 is 1.50 bits per heavy atom. The van der Waals surface area contributed by atoms with Gasteiger partial charge in [0.2, 0.25) is 0 Å². The van der Waals surface area contributed by atoms with Crippen molar-refractivity contribution in [1.29, 1.82) is 0 Å². The number of rotatable bonds is 3. The number of ether oxygens (including phenoxy) is 2. The van der Waals surface area contributed by atoms with Crippen molar-refractivity contribution in [3.05, 3.63) is 34.9 Å². The molecule has 0 spiro atoms. The average molecular weight is 295 g/mol. The maximum atomic E-state index is 12.1. The number of carbonyl (C=O) groups is 2. The second-order valence-corrected chi connectivity index (χ2v) is 6.07. The third-order valence-corrected chi connectivity index (χ3v) is 5.01. The fraction of sp³-hybridized carbons (Fsp3) is 0.467. The summed E-state index contributed by atoms with van der Waals surface area (Å²) in [5.74, 6) is -0.668. The maximum absolute atomic E-state index is 12.1. The second-order valence-electron chi connectivity index (χ2n) is 5.63. The van der Waals surface area contributed by atoms with Gasteiger partial charge in [-0.25, -0.2) is 0 Å². The fourth-order valence-corrected chi connectivity index (χ4v) is 4.10. The van der Waals surface area contributed by atoms with Gasteiger partial charge in [-0.2, -0.15) is 0 Å². The summed E-state index contributed by atoms with van der Waals surface area (Å²) in [7, 11) is 2.76. The standard InChI is InChI=1S/C15H15ClO4/c1-19-12(17)14-7-15(8-14,13(18)20-2)11(14)9-3-5-10(16)6-4-9/h3-6,11H,7-8H2,1-2H3. The number of carbonyl (C=O) groups excluding carboxylic acids is 2. The number of halogens is 1. The molecule has 1 aromatic rings. The highest BCUT2D eigenvalue weighted by Gasteiger charge is 2.83. The van der Waals surface area contributed by atoms with E-state index in [9.17, 15) is 9.59 Å². The van der Waals surface area contributed by atoms with E-state index in [0.29, 0.717) is 17.9 Å². The Bertz CT molecular complexity index is 544. The lowest BCUT2D eigenvalue weighted by Crippen LogP contribution is -2.74. The minimum atomic E-state index is -0.573. The molecule has 4 nitrogen and oxygen atoms in total. The van der Waals surface area contributed by atoms with Crippen molar-refractivity contribution in [1.82, 2.24) is 0 Å². The number of benzene rings is 1. The van der Waals surface area contributed by atoms with Crippen LogP contribution < -0.4 is 0 Å². The quantitative estimate of drug-likeness (QED) is 0.804. The smallest absolute Gasteiger partial charge is 0.312 e. The van der Waals surface area contributed by atoms with Gasteiger partial charge < -0.3 is 9.47 Å². The zero-order valence-electron chi connectivity index (χ0n) is 11.3. The largest absolute Gasteiger partial charge is 0.469 e. The summed E-state index contributed by atoms with van der Waals surface area (Å²) in [6, 6.07) is 7.26. The van der Waals surface area contributed by atoms with Crippen molar-refractivity contribution < 1.29 is 19.1 Å². The molecular formula is C15H15ClO4. The molecule has 0 atom stereocenters. The van der Waals surface area contributed by atoms with Gasteiger partial charge in [0.1, 0.15) is 0 Å². The van der Waals surface area contributed by atoms with E-state index in [2.05, 4.69) is 0 Å². The Hall–Kier alpha value is -1.55. The molecule has 5 heteroatoms. The molecule has 106 valence electrons. The first-order chi connectivity index (χ1) is 9.50. The van der Waals surface area contributed by atoms with Crippen LogP contribution in [0.4, 0.5) is 0 Å². The molecule has 0 amide bonds. The lowest BCUT2D eigenvalue weighted by molar-refractivity contribution is -0.249. The molecule has 20 heavy (non-hydrogen) atoms. The highest BCUT2D eigenvalue weighted by Crippen LogP contribution is 2.81. The molecule has 0 radical (unpaired) electrons. The molecule has 3 fully saturated rings. The predicted molar refractivity (Wildman–Crippen MR) is 72.3 cm³/mol. The molecular weight excluding hydrogens is 280 g/mol. The van der Waals surface area contributed by atoms with Gasteiger partial charge >= 0.3 is 11.9 Å². The van der Waals surface area contributed by atoms with Gasteiger partial charge in [0.05, 0.1) is 25.0 Å². The highest BCUT2D eigenvalue weighted by molar-refractivity contribution is 6.30. The molecule has 0 aromatic heterocycles. The topological polar surface area (TPSA) is 52.6 Å². The molecule has 0 N–H and O–H groups in total. The van der Waals surface area contributed by atoms with E-state index >= 15 is 0 Å². The zero-order chi connectivity index (χ0) is 14.5. The van der Waals surface area contributed by atoms with Gasteiger partial charge in [0.25, 0.3) is 0 Å². The summed E-state index contributed by atoms with van der Waals surface area (Å²) in [6.07, 6.45) is 1.01. The van der Waals surface area contributed by atoms with Crippen LogP contribution in [0.15, 0.2) is 24.3 Å². The lowest BCUT2D eigenvalue weighted by atomic mass is 9.28. The molecule has 0 unspecified atom stereocenters. The van der Waals surface area contributed by atoms with Gasteiger partial charge in [-0.15, -0.1) is 0 Å². The molecule has 4 rings (SSSR count). The Morgan fingerprint density at radius 3 is 1.90 bits per heavy atom. The van der Waals surface area contributed by atoms with Gasteiger partial charge in [0, 0.05) is 10.9 Å². The van der Waals surface area contributed by atoms with Crippen LogP contribution in [0.2, 0.25) is 5.02 Å². The Kier molecular flexibility index (Phi) is 2.83. The second kappa shape index (κ2) is 4.22. The van der Waals surface area contributed by atoms with Crippen molar-refractivity contribution in [2.45, 2.75) is 18.8 Å². The van der Waals surface area contributed by atoms with Crippen molar-refractivity contribution >= 4 is 23.5 Å². The van der Waals surface area contributed by atoms with Crippen LogP contribution in [0, 0.1) is 10.8 Å². The van der Waals surface area contributed by atoms with E-state index in [1.807, 2.05) is 12.1 Å². The normalized spacial score (nSPS) is 33.6.